The molecule has 2 N–H and O–H groups in total. The number of anilines is 1. The van der Waals surface area contributed by atoms with Crippen LogP contribution in [-0.2, 0) is 0 Å². The molecule has 0 aliphatic carbocycles. The molecule has 1 aromatic rings. The van der Waals surface area contributed by atoms with Gasteiger partial charge in [-0.25, -0.2) is 0 Å². The number of para-hydroxylation sites is 1. The van der Waals surface area contributed by atoms with Crippen LogP contribution >= 0.6 is 0 Å². The predicted molar refractivity (Wildman–Crippen MR) is 67.2 cm³/mol. The Kier molecular flexibility index (Phi) is 5.19. The summed E-state index contributed by atoms with van der Waals surface area (Å²) in [4.78, 5) is 2.39. The molecule has 2 heteroatoms. The van der Waals surface area contributed by atoms with Crippen molar-refractivity contribution in [3.8, 4) is 0 Å². The largest absolute Gasteiger partial charge is 0.368 e. The van der Waals surface area contributed by atoms with Gasteiger partial charge in [0, 0.05) is 24.8 Å². The van der Waals surface area contributed by atoms with Crippen LogP contribution in [0.15, 0.2) is 30.3 Å². The molecule has 0 fully saturated rings. The van der Waals surface area contributed by atoms with Crippen molar-refractivity contribution in [1.29, 1.82) is 0 Å². The maximum absolute atomic E-state index is 5.74. The molecule has 0 aliphatic heterocycles. The van der Waals surface area contributed by atoms with Crippen molar-refractivity contribution in [2.75, 3.05) is 18.0 Å². The van der Waals surface area contributed by atoms with Gasteiger partial charge < -0.3 is 10.6 Å². The second-order valence-electron chi connectivity index (χ2n) is 3.97. The van der Waals surface area contributed by atoms with Crippen LogP contribution in [0.4, 0.5) is 5.69 Å². The molecule has 15 heavy (non-hydrogen) atoms. The van der Waals surface area contributed by atoms with Crippen molar-refractivity contribution in [3.05, 3.63) is 30.3 Å². The molecule has 1 aromatic carbocycles. The van der Waals surface area contributed by atoms with E-state index >= 15 is 0 Å². The SMILES string of the molecule is CCCCN(c1ccccc1)C(C)CN. The first-order chi connectivity index (χ1) is 7.29. The molecular weight excluding hydrogens is 184 g/mol. The van der Waals surface area contributed by atoms with Gasteiger partial charge in [-0.3, -0.25) is 0 Å². The predicted octanol–water partition coefficient (Wildman–Crippen LogP) is 2.64. The van der Waals surface area contributed by atoms with Crippen molar-refractivity contribution in [3.63, 3.8) is 0 Å². The molecule has 1 rings (SSSR count). The first-order valence-corrected chi connectivity index (χ1v) is 5.81. The van der Waals surface area contributed by atoms with E-state index in [4.69, 9.17) is 5.73 Å². The van der Waals surface area contributed by atoms with Crippen LogP contribution in [0.3, 0.4) is 0 Å². The summed E-state index contributed by atoms with van der Waals surface area (Å²) in [5.41, 5.74) is 7.02. The van der Waals surface area contributed by atoms with Crippen LogP contribution in [0.5, 0.6) is 0 Å². The molecule has 0 amide bonds. The van der Waals surface area contributed by atoms with Gasteiger partial charge in [-0.1, -0.05) is 31.5 Å². The minimum absolute atomic E-state index is 0.416. The van der Waals surface area contributed by atoms with Gasteiger partial charge in [0.25, 0.3) is 0 Å². The second-order valence-corrected chi connectivity index (χ2v) is 3.97. The quantitative estimate of drug-likeness (QED) is 0.775. The third-order valence-electron chi connectivity index (χ3n) is 2.71. The van der Waals surface area contributed by atoms with Crippen LogP contribution < -0.4 is 10.6 Å². The first kappa shape index (κ1) is 12.1. The minimum atomic E-state index is 0.416. The highest BCUT2D eigenvalue weighted by atomic mass is 15.2. The van der Waals surface area contributed by atoms with Gasteiger partial charge in [0.2, 0.25) is 0 Å². The second kappa shape index (κ2) is 6.46. The number of unbranched alkanes of at least 4 members (excludes halogenated alkanes) is 1. The van der Waals surface area contributed by atoms with Crippen molar-refractivity contribution < 1.29 is 0 Å². The van der Waals surface area contributed by atoms with Gasteiger partial charge in [-0.2, -0.15) is 0 Å². The lowest BCUT2D eigenvalue weighted by Crippen LogP contribution is -2.39. The van der Waals surface area contributed by atoms with E-state index < -0.39 is 0 Å². The zero-order valence-corrected chi connectivity index (χ0v) is 9.82. The summed E-state index contributed by atoms with van der Waals surface area (Å²) in [5, 5.41) is 0. The van der Waals surface area contributed by atoms with Crippen LogP contribution in [0.25, 0.3) is 0 Å². The van der Waals surface area contributed by atoms with Crippen LogP contribution in [0.1, 0.15) is 26.7 Å². The van der Waals surface area contributed by atoms with E-state index in [-0.39, 0.29) is 0 Å². The molecular formula is C13H22N2. The zero-order chi connectivity index (χ0) is 11.1. The van der Waals surface area contributed by atoms with Crippen LogP contribution in [-0.4, -0.2) is 19.1 Å². The molecule has 0 spiro atoms. The monoisotopic (exact) mass is 206 g/mol. The van der Waals surface area contributed by atoms with E-state index in [2.05, 4.69) is 49.1 Å². The summed E-state index contributed by atoms with van der Waals surface area (Å²) in [6.07, 6.45) is 2.44. The van der Waals surface area contributed by atoms with Crippen LogP contribution in [0.2, 0.25) is 0 Å². The average Bonchev–Trinajstić information content (AvgIpc) is 2.30. The van der Waals surface area contributed by atoms with Crippen molar-refractivity contribution in [2.45, 2.75) is 32.7 Å². The van der Waals surface area contributed by atoms with Crippen LogP contribution in [0, 0.1) is 0 Å². The average molecular weight is 206 g/mol. The summed E-state index contributed by atoms with van der Waals surface area (Å²) >= 11 is 0. The minimum Gasteiger partial charge on any atom is -0.368 e. The Morgan fingerprint density at radius 1 is 1.27 bits per heavy atom. The smallest absolute Gasteiger partial charge is 0.0384 e. The Bertz CT molecular complexity index is 258. The van der Waals surface area contributed by atoms with Gasteiger partial charge in [-0.15, -0.1) is 0 Å². The molecule has 0 heterocycles. The molecule has 0 radical (unpaired) electrons. The highest BCUT2D eigenvalue weighted by Gasteiger charge is 2.11. The topological polar surface area (TPSA) is 29.3 Å². The number of benzene rings is 1. The fourth-order valence-corrected chi connectivity index (χ4v) is 1.68. The molecule has 84 valence electrons. The van der Waals surface area contributed by atoms with E-state index in [1.807, 2.05) is 0 Å². The third-order valence-corrected chi connectivity index (χ3v) is 2.71. The standard InChI is InChI=1S/C13H22N2/c1-3-4-10-15(12(2)11-14)13-8-6-5-7-9-13/h5-9,12H,3-4,10-11,14H2,1-2H3. The maximum atomic E-state index is 5.74. The fourth-order valence-electron chi connectivity index (χ4n) is 1.68. The van der Waals surface area contributed by atoms with E-state index in [0.29, 0.717) is 12.6 Å². The molecule has 1 atom stereocenters. The van der Waals surface area contributed by atoms with Crippen molar-refractivity contribution in [2.24, 2.45) is 5.73 Å². The number of hydrogen-bond acceptors (Lipinski definition) is 2. The maximum Gasteiger partial charge on any atom is 0.0384 e. The first-order valence-electron chi connectivity index (χ1n) is 5.81. The molecule has 0 aliphatic rings. The lowest BCUT2D eigenvalue weighted by atomic mass is 10.2. The summed E-state index contributed by atoms with van der Waals surface area (Å²) in [6.45, 7) is 6.20. The van der Waals surface area contributed by atoms with E-state index in [0.717, 1.165) is 6.54 Å². The summed E-state index contributed by atoms with van der Waals surface area (Å²) in [6, 6.07) is 10.9. The normalized spacial score (nSPS) is 12.5. The molecule has 0 bridgehead atoms. The van der Waals surface area contributed by atoms with E-state index in [1.165, 1.54) is 18.5 Å². The van der Waals surface area contributed by atoms with Gasteiger partial charge in [0.15, 0.2) is 0 Å². The van der Waals surface area contributed by atoms with Crippen molar-refractivity contribution in [1.82, 2.24) is 0 Å². The Morgan fingerprint density at radius 2 is 1.93 bits per heavy atom. The molecule has 0 aromatic heterocycles. The number of hydrogen-bond donors (Lipinski definition) is 1. The highest BCUT2D eigenvalue weighted by molar-refractivity contribution is 5.46. The van der Waals surface area contributed by atoms with Gasteiger partial charge in [0.1, 0.15) is 0 Å². The van der Waals surface area contributed by atoms with E-state index in [1.54, 1.807) is 0 Å². The lowest BCUT2D eigenvalue weighted by molar-refractivity contribution is 0.616. The Labute approximate surface area is 93.1 Å². The Morgan fingerprint density at radius 3 is 2.47 bits per heavy atom. The van der Waals surface area contributed by atoms with Gasteiger partial charge in [0.05, 0.1) is 0 Å². The Balaban J connectivity index is 2.72. The fraction of sp³-hybridized carbons (Fsp3) is 0.538. The number of nitrogens with two attached hydrogens (primary N) is 1. The summed E-state index contributed by atoms with van der Waals surface area (Å²) in [5.74, 6) is 0. The number of nitrogens with zero attached hydrogens (tertiary/aromatic N) is 1. The van der Waals surface area contributed by atoms with Crippen molar-refractivity contribution >= 4 is 5.69 Å². The molecule has 0 saturated carbocycles. The zero-order valence-electron chi connectivity index (χ0n) is 9.82. The molecule has 0 saturated heterocycles. The summed E-state index contributed by atoms with van der Waals surface area (Å²) in [7, 11) is 0. The lowest BCUT2D eigenvalue weighted by Gasteiger charge is -2.30. The molecule has 2 nitrogen and oxygen atoms in total. The highest BCUT2D eigenvalue weighted by Crippen LogP contribution is 2.16. The van der Waals surface area contributed by atoms with E-state index in [9.17, 15) is 0 Å². The molecule has 1 unspecified atom stereocenters. The van der Waals surface area contributed by atoms with Gasteiger partial charge >= 0.3 is 0 Å². The van der Waals surface area contributed by atoms with Gasteiger partial charge in [-0.05, 0) is 25.5 Å². The Hall–Kier alpha value is -1.02. The summed E-state index contributed by atoms with van der Waals surface area (Å²) < 4.78 is 0. The number of rotatable bonds is 6. The third kappa shape index (κ3) is 3.56.